The number of aliphatic hydroxyl groups excluding tert-OH is 1. The van der Waals surface area contributed by atoms with Crippen LogP contribution in [0.25, 0.3) is 0 Å². The summed E-state index contributed by atoms with van der Waals surface area (Å²) in [6, 6.07) is 0. The van der Waals surface area contributed by atoms with Crippen LogP contribution in [-0.4, -0.2) is 17.5 Å². The zero-order valence-corrected chi connectivity index (χ0v) is 8.46. The molecule has 0 saturated heterocycles. The van der Waals surface area contributed by atoms with Crippen molar-refractivity contribution in [1.29, 1.82) is 0 Å². The molecular formula is C11H20O2. The molecule has 0 bridgehead atoms. The van der Waals surface area contributed by atoms with E-state index in [4.69, 9.17) is 5.11 Å². The number of aliphatic hydroxyl groups is 1. The Morgan fingerprint density at radius 2 is 2.08 bits per heavy atom. The van der Waals surface area contributed by atoms with Gasteiger partial charge in [-0.2, -0.15) is 0 Å². The molecule has 2 nitrogen and oxygen atoms in total. The van der Waals surface area contributed by atoms with Gasteiger partial charge in [0, 0.05) is 18.9 Å². The Hall–Kier alpha value is -0.370. The van der Waals surface area contributed by atoms with Crippen molar-refractivity contribution in [3.8, 4) is 0 Å². The summed E-state index contributed by atoms with van der Waals surface area (Å²) in [5, 5.41) is 8.80. The summed E-state index contributed by atoms with van der Waals surface area (Å²) >= 11 is 0. The third-order valence-corrected chi connectivity index (χ3v) is 3.01. The van der Waals surface area contributed by atoms with Gasteiger partial charge in [-0.3, -0.25) is 4.79 Å². The molecule has 2 heteroatoms. The van der Waals surface area contributed by atoms with Crippen LogP contribution >= 0.6 is 0 Å². The topological polar surface area (TPSA) is 37.3 Å². The fourth-order valence-electron chi connectivity index (χ4n) is 1.93. The predicted molar refractivity (Wildman–Crippen MR) is 52.4 cm³/mol. The molecule has 1 aliphatic rings. The fourth-order valence-corrected chi connectivity index (χ4v) is 1.93. The van der Waals surface area contributed by atoms with Crippen molar-refractivity contribution in [2.45, 2.75) is 45.4 Å². The number of rotatable bonds is 5. The van der Waals surface area contributed by atoms with Crippen LogP contribution in [0.3, 0.4) is 0 Å². The van der Waals surface area contributed by atoms with Gasteiger partial charge >= 0.3 is 0 Å². The van der Waals surface area contributed by atoms with Gasteiger partial charge in [-0.25, -0.2) is 0 Å². The van der Waals surface area contributed by atoms with Crippen molar-refractivity contribution in [2.24, 2.45) is 11.8 Å². The Morgan fingerprint density at radius 1 is 1.46 bits per heavy atom. The van der Waals surface area contributed by atoms with E-state index in [0.717, 1.165) is 19.3 Å². The Balaban J connectivity index is 2.16. The van der Waals surface area contributed by atoms with Crippen molar-refractivity contribution in [3.05, 3.63) is 0 Å². The number of Topliss-reactive ketones (excluding diaryl/α,β-unsaturated/α-hetero) is 1. The molecule has 0 heterocycles. The molecule has 0 amide bonds. The molecule has 1 unspecified atom stereocenters. The fraction of sp³-hybridized carbons (Fsp3) is 0.909. The van der Waals surface area contributed by atoms with E-state index in [1.807, 2.05) is 6.92 Å². The van der Waals surface area contributed by atoms with E-state index in [1.165, 1.54) is 12.8 Å². The highest BCUT2D eigenvalue weighted by Crippen LogP contribution is 2.27. The summed E-state index contributed by atoms with van der Waals surface area (Å²) in [5.74, 6) is 1.06. The van der Waals surface area contributed by atoms with Gasteiger partial charge < -0.3 is 5.11 Å². The van der Waals surface area contributed by atoms with Crippen molar-refractivity contribution in [2.75, 3.05) is 6.61 Å². The Morgan fingerprint density at radius 3 is 2.62 bits per heavy atom. The molecule has 0 aliphatic heterocycles. The quantitative estimate of drug-likeness (QED) is 0.711. The second kappa shape index (κ2) is 5.38. The third-order valence-electron chi connectivity index (χ3n) is 3.01. The Labute approximate surface area is 80.3 Å². The minimum Gasteiger partial charge on any atom is -0.396 e. The van der Waals surface area contributed by atoms with Crippen LogP contribution in [0.5, 0.6) is 0 Å². The van der Waals surface area contributed by atoms with Crippen LogP contribution in [0.1, 0.15) is 45.4 Å². The lowest BCUT2D eigenvalue weighted by Crippen LogP contribution is -2.12. The standard InChI is InChI=1S/C11H20O2/c1-9(8-12)6-7-11(13)10-4-2-3-5-10/h9-10,12H,2-8H2,1H3. The molecule has 0 aromatic heterocycles. The monoisotopic (exact) mass is 184 g/mol. The highest BCUT2D eigenvalue weighted by molar-refractivity contribution is 5.81. The third kappa shape index (κ3) is 3.47. The zero-order valence-electron chi connectivity index (χ0n) is 8.46. The average molecular weight is 184 g/mol. The SMILES string of the molecule is CC(CO)CCC(=O)C1CCCC1. The number of carbonyl (C=O) groups is 1. The molecule has 13 heavy (non-hydrogen) atoms. The highest BCUT2D eigenvalue weighted by Gasteiger charge is 2.22. The van der Waals surface area contributed by atoms with E-state index in [0.29, 0.717) is 18.1 Å². The maximum absolute atomic E-state index is 11.6. The largest absolute Gasteiger partial charge is 0.396 e. The lowest BCUT2D eigenvalue weighted by Gasteiger charge is -2.10. The Kier molecular flexibility index (Phi) is 4.43. The smallest absolute Gasteiger partial charge is 0.135 e. The van der Waals surface area contributed by atoms with E-state index < -0.39 is 0 Å². The summed E-state index contributed by atoms with van der Waals surface area (Å²) in [7, 11) is 0. The van der Waals surface area contributed by atoms with Gasteiger partial charge in [-0.15, -0.1) is 0 Å². The summed E-state index contributed by atoms with van der Waals surface area (Å²) in [6.07, 6.45) is 6.19. The van der Waals surface area contributed by atoms with Crippen molar-refractivity contribution >= 4 is 5.78 Å². The molecule has 1 atom stereocenters. The summed E-state index contributed by atoms with van der Waals surface area (Å²) in [6.45, 7) is 2.19. The maximum Gasteiger partial charge on any atom is 0.135 e. The molecule has 0 aromatic carbocycles. The molecule has 1 rings (SSSR count). The minimum absolute atomic E-state index is 0.206. The first-order valence-corrected chi connectivity index (χ1v) is 5.37. The lowest BCUT2D eigenvalue weighted by atomic mass is 9.95. The van der Waals surface area contributed by atoms with Gasteiger partial charge in [0.1, 0.15) is 5.78 Å². The summed E-state index contributed by atoms with van der Waals surface area (Å²) in [5.41, 5.74) is 0. The van der Waals surface area contributed by atoms with Crippen LogP contribution in [0.15, 0.2) is 0 Å². The number of hydrogen-bond donors (Lipinski definition) is 1. The number of hydrogen-bond acceptors (Lipinski definition) is 2. The van der Waals surface area contributed by atoms with Gasteiger partial charge in [0.2, 0.25) is 0 Å². The van der Waals surface area contributed by atoms with Crippen LogP contribution in [0.4, 0.5) is 0 Å². The first kappa shape index (κ1) is 10.7. The second-order valence-electron chi connectivity index (χ2n) is 4.27. The summed E-state index contributed by atoms with van der Waals surface area (Å²) in [4.78, 5) is 11.6. The van der Waals surface area contributed by atoms with Crippen molar-refractivity contribution in [1.82, 2.24) is 0 Å². The zero-order chi connectivity index (χ0) is 9.68. The van der Waals surface area contributed by atoms with Gasteiger partial charge in [0.05, 0.1) is 0 Å². The van der Waals surface area contributed by atoms with Crippen LogP contribution in [-0.2, 0) is 4.79 Å². The molecule has 1 aliphatic carbocycles. The van der Waals surface area contributed by atoms with Gasteiger partial charge in [-0.1, -0.05) is 19.8 Å². The van der Waals surface area contributed by atoms with Gasteiger partial charge in [0.15, 0.2) is 0 Å². The van der Waals surface area contributed by atoms with E-state index in [-0.39, 0.29) is 12.5 Å². The van der Waals surface area contributed by atoms with Crippen molar-refractivity contribution < 1.29 is 9.90 Å². The van der Waals surface area contributed by atoms with Crippen LogP contribution < -0.4 is 0 Å². The highest BCUT2D eigenvalue weighted by atomic mass is 16.3. The van der Waals surface area contributed by atoms with E-state index in [1.54, 1.807) is 0 Å². The molecule has 0 radical (unpaired) electrons. The first-order valence-electron chi connectivity index (χ1n) is 5.37. The molecule has 1 N–H and O–H groups in total. The van der Waals surface area contributed by atoms with Gasteiger partial charge in [-0.05, 0) is 25.2 Å². The summed E-state index contributed by atoms with van der Waals surface area (Å²) < 4.78 is 0. The molecule has 0 aromatic rings. The molecule has 0 spiro atoms. The predicted octanol–water partition coefficient (Wildman–Crippen LogP) is 2.15. The number of carbonyl (C=O) groups excluding carboxylic acids is 1. The molecule has 1 fully saturated rings. The average Bonchev–Trinajstić information content (AvgIpc) is 2.66. The Bertz CT molecular complexity index is 159. The van der Waals surface area contributed by atoms with E-state index in [9.17, 15) is 4.79 Å². The van der Waals surface area contributed by atoms with Gasteiger partial charge in [0.25, 0.3) is 0 Å². The van der Waals surface area contributed by atoms with E-state index in [2.05, 4.69) is 0 Å². The van der Waals surface area contributed by atoms with Crippen LogP contribution in [0, 0.1) is 11.8 Å². The number of ketones is 1. The normalized spacial score (nSPS) is 20.5. The molecule has 1 saturated carbocycles. The maximum atomic E-state index is 11.6. The first-order chi connectivity index (χ1) is 6.24. The second-order valence-corrected chi connectivity index (χ2v) is 4.27. The van der Waals surface area contributed by atoms with Crippen LogP contribution in [0.2, 0.25) is 0 Å². The molecular weight excluding hydrogens is 164 g/mol. The lowest BCUT2D eigenvalue weighted by molar-refractivity contribution is -0.123. The van der Waals surface area contributed by atoms with Crippen molar-refractivity contribution in [3.63, 3.8) is 0 Å². The minimum atomic E-state index is 0.206. The van der Waals surface area contributed by atoms with E-state index >= 15 is 0 Å². The molecule has 76 valence electrons.